The molecule has 0 saturated carbocycles. The van der Waals surface area contributed by atoms with Crippen LogP contribution in [0.15, 0.2) is 0 Å². The van der Waals surface area contributed by atoms with E-state index in [0.717, 1.165) is 0 Å². The molecule has 2 unspecified atom stereocenters. The molecule has 1 rings (SSSR count). The van der Waals surface area contributed by atoms with Gasteiger partial charge in [0.1, 0.15) is 0 Å². The van der Waals surface area contributed by atoms with E-state index < -0.39 is 7.82 Å². The molecule has 0 bridgehead atoms. The molecule has 0 aromatic rings. The minimum absolute atomic E-state index is 0.144. The number of hydrogen-bond acceptors (Lipinski definition) is 3. The molecule has 11 heavy (non-hydrogen) atoms. The third-order valence-electron chi connectivity index (χ3n) is 1.62. The van der Waals surface area contributed by atoms with E-state index in [9.17, 15) is 4.57 Å². The van der Waals surface area contributed by atoms with Crippen molar-refractivity contribution in [3.63, 3.8) is 0 Å². The van der Waals surface area contributed by atoms with E-state index in [1.54, 1.807) is 0 Å². The van der Waals surface area contributed by atoms with Gasteiger partial charge < -0.3 is 4.89 Å². The number of hydrogen-bond donors (Lipinski definition) is 1. The summed E-state index contributed by atoms with van der Waals surface area (Å²) in [6, 6.07) is 0. The maximum atomic E-state index is 10.8. The lowest BCUT2D eigenvalue weighted by atomic mass is 9.90. The van der Waals surface area contributed by atoms with Gasteiger partial charge in [-0.25, -0.2) is 4.57 Å². The summed E-state index contributed by atoms with van der Waals surface area (Å²) in [4.78, 5) is 8.84. The average Bonchev–Trinajstić information content (AvgIpc) is 2.07. The fourth-order valence-corrected chi connectivity index (χ4v) is 1.87. The molecule has 1 heterocycles. The van der Waals surface area contributed by atoms with Gasteiger partial charge in [0.15, 0.2) is 0 Å². The normalized spacial score (nSPS) is 39.5. The fourth-order valence-electron chi connectivity index (χ4n) is 0.792. The molecule has 0 spiro atoms. The van der Waals surface area contributed by atoms with Crippen LogP contribution in [-0.4, -0.2) is 17.6 Å². The lowest BCUT2D eigenvalue weighted by molar-refractivity contribution is 0.101. The van der Waals surface area contributed by atoms with Crippen LogP contribution >= 0.6 is 7.82 Å². The Bertz CT molecular complexity index is 195. The second kappa shape index (κ2) is 2.56. The van der Waals surface area contributed by atoms with Crippen molar-refractivity contribution in [2.24, 2.45) is 5.41 Å². The van der Waals surface area contributed by atoms with Gasteiger partial charge in [-0.2, -0.15) is 0 Å². The molecular formula is C6H13O4P. The Hall–Kier alpha value is 0.110. The Morgan fingerprint density at radius 1 is 1.55 bits per heavy atom. The number of phosphoric acid groups is 1. The average molecular weight is 180 g/mol. The van der Waals surface area contributed by atoms with Gasteiger partial charge in [-0.1, -0.05) is 20.8 Å². The van der Waals surface area contributed by atoms with E-state index in [1.807, 2.05) is 20.8 Å². The second-order valence-electron chi connectivity index (χ2n) is 3.72. The zero-order valence-corrected chi connectivity index (χ0v) is 7.80. The summed E-state index contributed by atoms with van der Waals surface area (Å²) in [6.45, 7) is 6.02. The summed E-state index contributed by atoms with van der Waals surface area (Å²) >= 11 is 0. The first-order chi connectivity index (χ1) is 4.81. The quantitative estimate of drug-likeness (QED) is 0.574. The molecule has 1 aliphatic heterocycles. The zero-order chi connectivity index (χ0) is 8.70. The van der Waals surface area contributed by atoms with Gasteiger partial charge in [-0.05, 0) is 5.41 Å². The lowest BCUT2D eigenvalue weighted by Crippen LogP contribution is -2.27. The molecule has 2 atom stereocenters. The van der Waals surface area contributed by atoms with Crippen LogP contribution in [0.5, 0.6) is 0 Å². The second-order valence-corrected chi connectivity index (χ2v) is 5.13. The third kappa shape index (κ3) is 2.27. The van der Waals surface area contributed by atoms with Crippen LogP contribution in [-0.2, 0) is 13.6 Å². The van der Waals surface area contributed by atoms with E-state index in [2.05, 4.69) is 4.52 Å². The summed E-state index contributed by atoms with van der Waals surface area (Å²) in [5.74, 6) is 0. The molecule has 1 saturated heterocycles. The van der Waals surface area contributed by atoms with Gasteiger partial charge in [0.2, 0.25) is 0 Å². The SMILES string of the molecule is CC(C)(C)C1COP(=O)(O)O1. The highest BCUT2D eigenvalue weighted by atomic mass is 31.2. The lowest BCUT2D eigenvalue weighted by Gasteiger charge is -2.23. The Labute approximate surface area is 66.1 Å². The van der Waals surface area contributed by atoms with Crippen LogP contribution in [0.4, 0.5) is 0 Å². The molecule has 66 valence electrons. The largest absolute Gasteiger partial charge is 0.472 e. The zero-order valence-electron chi connectivity index (χ0n) is 6.90. The minimum atomic E-state index is -3.70. The molecule has 1 N–H and O–H groups in total. The molecule has 0 amide bonds. The van der Waals surface area contributed by atoms with Gasteiger partial charge >= 0.3 is 7.82 Å². The van der Waals surface area contributed by atoms with Crippen molar-refractivity contribution in [2.75, 3.05) is 6.61 Å². The van der Waals surface area contributed by atoms with Crippen molar-refractivity contribution in [3.8, 4) is 0 Å². The van der Waals surface area contributed by atoms with E-state index in [1.165, 1.54) is 0 Å². The molecule has 1 aliphatic rings. The first kappa shape index (κ1) is 9.20. The number of phosphoric ester groups is 1. The van der Waals surface area contributed by atoms with Gasteiger partial charge in [-0.3, -0.25) is 9.05 Å². The molecular weight excluding hydrogens is 167 g/mol. The molecule has 5 heteroatoms. The summed E-state index contributed by atoms with van der Waals surface area (Å²) < 4.78 is 20.2. The highest BCUT2D eigenvalue weighted by Gasteiger charge is 2.41. The highest BCUT2D eigenvalue weighted by molar-refractivity contribution is 7.47. The maximum Gasteiger partial charge on any atom is 0.472 e. The predicted molar refractivity (Wildman–Crippen MR) is 40.1 cm³/mol. The van der Waals surface area contributed by atoms with Crippen molar-refractivity contribution >= 4 is 7.82 Å². The molecule has 1 fully saturated rings. The van der Waals surface area contributed by atoms with E-state index in [0.29, 0.717) is 0 Å². The standard InChI is InChI=1S/C6H13O4P/c1-6(2,3)5-4-9-11(7,8)10-5/h5H,4H2,1-3H3,(H,7,8). The van der Waals surface area contributed by atoms with Crippen LogP contribution in [0.25, 0.3) is 0 Å². The predicted octanol–water partition coefficient (Wildman–Crippen LogP) is 1.55. The summed E-state index contributed by atoms with van der Waals surface area (Å²) in [7, 11) is -3.70. The van der Waals surface area contributed by atoms with Crippen LogP contribution in [0.2, 0.25) is 0 Å². The summed E-state index contributed by atoms with van der Waals surface area (Å²) in [5.41, 5.74) is -0.144. The summed E-state index contributed by atoms with van der Waals surface area (Å²) in [6.07, 6.45) is -0.279. The fraction of sp³-hybridized carbons (Fsp3) is 1.00. The van der Waals surface area contributed by atoms with Crippen molar-refractivity contribution in [1.82, 2.24) is 0 Å². The monoisotopic (exact) mass is 180 g/mol. The van der Waals surface area contributed by atoms with Crippen LogP contribution < -0.4 is 0 Å². The summed E-state index contributed by atoms with van der Waals surface area (Å²) in [5, 5.41) is 0. The van der Waals surface area contributed by atoms with Crippen molar-refractivity contribution in [2.45, 2.75) is 26.9 Å². The van der Waals surface area contributed by atoms with Crippen molar-refractivity contribution < 1.29 is 18.5 Å². The molecule has 4 nitrogen and oxygen atoms in total. The van der Waals surface area contributed by atoms with E-state index >= 15 is 0 Å². The van der Waals surface area contributed by atoms with E-state index in [4.69, 9.17) is 9.42 Å². The molecule has 0 radical (unpaired) electrons. The minimum Gasteiger partial charge on any atom is -0.302 e. The molecule has 0 aromatic carbocycles. The first-order valence-corrected chi connectivity index (χ1v) is 4.96. The van der Waals surface area contributed by atoms with Gasteiger partial charge in [0, 0.05) is 0 Å². The van der Waals surface area contributed by atoms with Crippen LogP contribution in [0.1, 0.15) is 20.8 Å². The maximum absolute atomic E-state index is 10.8. The van der Waals surface area contributed by atoms with Crippen LogP contribution in [0, 0.1) is 5.41 Å². The van der Waals surface area contributed by atoms with E-state index in [-0.39, 0.29) is 18.1 Å². The van der Waals surface area contributed by atoms with Gasteiger partial charge in [0.05, 0.1) is 12.7 Å². The molecule has 0 aliphatic carbocycles. The Balaban J connectivity index is 2.63. The van der Waals surface area contributed by atoms with Crippen molar-refractivity contribution in [1.29, 1.82) is 0 Å². The first-order valence-electron chi connectivity index (χ1n) is 3.47. The van der Waals surface area contributed by atoms with Gasteiger partial charge in [0.25, 0.3) is 0 Å². The Morgan fingerprint density at radius 2 is 2.09 bits per heavy atom. The molecule has 0 aromatic heterocycles. The third-order valence-corrected chi connectivity index (χ3v) is 2.61. The Kier molecular flexibility index (Phi) is 2.14. The topological polar surface area (TPSA) is 55.8 Å². The van der Waals surface area contributed by atoms with Crippen LogP contribution in [0.3, 0.4) is 0 Å². The van der Waals surface area contributed by atoms with Crippen molar-refractivity contribution in [3.05, 3.63) is 0 Å². The smallest absolute Gasteiger partial charge is 0.302 e. The highest BCUT2D eigenvalue weighted by Crippen LogP contribution is 2.52. The van der Waals surface area contributed by atoms with Gasteiger partial charge in [-0.15, -0.1) is 0 Å². The Morgan fingerprint density at radius 3 is 2.27 bits per heavy atom. The number of rotatable bonds is 0.